The molecule has 2 aromatic heterocycles. The molecule has 0 atom stereocenters. The van der Waals surface area contributed by atoms with Gasteiger partial charge < -0.3 is 13.9 Å². The van der Waals surface area contributed by atoms with Crippen molar-refractivity contribution in [3.63, 3.8) is 0 Å². The molecule has 0 unspecified atom stereocenters. The summed E-state index contributed by atoms with van der Waals surface area (Å²) in [5.74, 6) is 0. The summed E-state index contributed by atoms with van der Waals surface area (Å²) in [4.78, 5) is 2.40. The molecule has 13 aromatic rings. The minimum Gasteiger partial charge on any atom is -0.456 e. The highest BCUT2D eigenvalue weighted by Crippen LogP contribution is 2.44. The van der Waals surface area contributed by atoms with E-state index in [0.29, 0.717) is 0 Å². The first-order chi connectivity index (χ1) is 33.2. The standard InChI is InChI=1S/C64H42N2O/c1-3-15-44(16-4-1)53-37-29-48(39-57(53)45-17-5-2-6-18-45)43-27-31-50(32-28-43)65(51-33-35-52(36-34-51)66-61-25-13-10-22-55(61)56-23-11-14-26-62(56)66)60-24-12-9-21-54(60)49-30-38-63-58(41-49)59-40-46-19-7-8-20-47(46)42-64(59)67-63/h1-42H. The number of para-hydroxylation sites is 3. The highest BCUT2D eigenvalue weighted by Gasteiger charge is 2.20. The van der Waals surface area contributed by atoms with E-state index < -0.39 is 0 Å². The third kappa shape index (κ3) is 6.67. The first kappa shape index (κ1) is 38.5. The van der Waals surface area contributed by atoms with E-state index in [1.165, 1.54) is 60.4 Å². The molecule has 0 spiro atoms. The van der Waals surface area contributed by atoms with Crippen molar-refractivity contribution < 1.29 is 4.42 Å². The molecule has 0 saturated carbocycles. The normalized spacial score (nSPS) is 11.6. The molecular weight excluding hydrogens is 813 g/mol. The number of hydrogen-bond donors (Lipinski definition) is 0. The van der Waals surface area contributed by atoms with Gasteiger partial charge in [-0.25, -0.2) is 0 Å². The minimum absolute atomic E-state index is 0.881. The maximum Gasteiger partial charge on any atom is 0.136 e. The third-order valence-electron chi connectivity index (χ3n) is 13.4. The monoisotopic (exact) mass is 854 g/mol. The molecule has 0 aliphatic carbocycles. The molecule has 0 N–H and O–H groups in total. The fourth-order valence-corrected chi connectivity index (χ4v) is 10.2. The van der Waals surface area contributed by atoms with Crippen molar-refractivity contribution in [1.29, 1.82) is 0 Å². The van der Waals surface area contributed by atoms with Gasteiger partial charge in [0.2, 0.25) is 0 Å². The second kappa shape index (κ2) is 16.0. The van der Waals surface area contributed by atoms with E-state index in [4.69, 9.17) is 4.42 Å². The molecule has 0 radical (unpaired) electrons. The number of hydrogen-bond acceptors (Lipinski definition) is 2. The van der Waals surface area contributed by atoms with Gasteiger partial charge in [-0.2, -0.15) is 0 Å². The van der Waals surface area contributed by atoms with Crippen LogP contribution in [0.5, 0.6) is 0 Å². The lowest BCUT2D eigenvalue weighted by atomic mass is 9.91. The number of aromatic nitrogens is 1. The van der Waals surface area contributed by atoms with E-state index in [9.17, 15) is 0 Å². The second-order valence-corrected chi connectivity index (χ2v) is 17.3. The number of rotatable bonds is 8. The van der Waals surface area contributed by atoms with Crippen LogP contribution in [0.25, 0.3) is 105 Å². The van der Waals surface area contributed by atoms with Gasteiger partial charge in [-0.3, -0.25) is 0 Å². The van der Waals surface area contributed by atoms with Crippen molar-refractivity contribution in [2.45, 2.75) is 0 Å². The molecule has 0 aliphatic heterocycles. The van der Waals surface area contributed by atoms with E-state index in [2.05, 4.69) is 264 Å². The number of furan rings is 1. The van der Waals surface area contributed by atoms with Crippen LogP contribution in [0.15, 0.2) is 259 Å². The van der Waals surface area contributed by atoms with E-state index >= 15 is 0 Å². The first-order valence-corrected chi connectivity index (χ1v) is 22.9. The molecule has 0 fully saturated rings. The second-order valence-electron chi connectivity index (χ2n) is 17.3. The van der Waals surface area contributed by atoms with Crippen LogP contribution in [0.1, 0.15) is 0 Å². The van der Waals surface area contributed by atoms with Crippen LogP contribution in [-0.2, 0) is 0 Å². The molecule has 67 heavy (non-hydrogen) atoms. The van der Waals surface area contributed by atoms with Gasteiger partial charge in [0.1, 0.15) is 11.2 Å². The number of fused-ring (bicyclic) bond motifs is 7. The summed E-state index contributed by atoms with van der Waals surface area (Å²) < 4.78 is 8.84. The molecule has 13 rings (SSSR count). The lowest BCUT2D eigenvalue weighted by Crippen LogP contribution is -2.11. The van der Waals surface area contributed by atoms with Crippen molar-refractivity contribution in [3.8, 4) is 50.2 Å². The van der Waals surface area contributed by atoms with Crippen LogP contribution >= 0.6 is 0 Å². The zero-order valence-electron chi connectivity index (χ0n) is 36.6. The quantitative estimate of drug-likeness (QED) is 0.152. The van der Waals surface area contributed by atoms with Crippen molar-refractivity contribution in [1.82, 2.24) is 4.57 Å². The molecule has 0 saturated heterocycles. The highest BCUT2D eigenvalue weighted by atomic mass is 16.3. The Hall–Kier alpha value is -8.92. The summed E-state index contributed by atoms with van der Waals surface area (Å²) >= 11 is 0. The van der Waals surface area contributed by atoms with Gasteiger partial charge in [-0.1, -0.05) is 170 Å². The van der Waals surface area contributed by atoms with Crippen molar-refractivity contribution >= 4 is 71.6 Å². The molecular formula is C64H42N2O. The zero-order valence-corrected chi connectivity index (χ0v) is 36.6. The van der Waals surface area contributed by atoms with Gasteiger partial charge in [0.15, 0.2) is 0 Å². The smallest absolute Gasteiger partial charge is 0.136 e. The molecule has 0 bridgehead atoms. The Morgan fingerprint density at radius 1 is 0.299 bits per heavy atom. The van der Waals surface area contributed by atoms with Gasteiger partial charge in [0, 0.05) is 44.2 Å². The van der Waals surface area contributed by atoms with Crippen LogP contribution in [0.2, 0.25) is 0 Å². The van der Waals surface area contributed by atoms with Crippen molar-refractivity contribution in [3.05, 3.63) is 255 Å². The highest BCUT2D eigenvalue weighted by molar-refractivity contribution is 6.12. The molecule has 2 heterocycles. The molecule has 0 amide bonds. The van der Waals surface area contributed by atoms with Crippen LogP contribution in [0, 0.1) is 0 Å². The molecule has 314 valence electrons. The maximum absolute atomic E-state index is 6.46. The van der Waals surface area contributed by atoms with Crippen LogP contribution in [-0.4, -0.2) is 4.57 Å². The Bertz CT molecular complexity index is 3900. The fourth-order valence-electron chi connectivity index (χ4n) is 10.2. The average molecular weight is 855 g/mol. The van der Waals surface area contributed by atoms with Crippen molar-refractivity contribution in [2.75, 3.05) is 4.90 Å². The summed E-state index contributed by atoms with van der Waals surface area (Å²) in [6, 6.07) is 92.0. The topological polar surface area (TPSA) is 21.3 Å². The first-order valence-electron chi connectivity index (χ1n) is 22.9. The van der Waals surface area contributed by atoms with Gasteiger partial charge in [0.05, 0.1) is 16.7 Å². The lowest BCUT2D eigenvalue weighted by molar-refractivity contribution is 0.669. The van der Waals surface area contributed by atoms with Gasteiger partial charge >= 0.3 is 0 Å². The SMILES string of the molecule is c1ccc(-c2ccc(-c3ccc(N(c4ccc(-n5c6ccccc6c6ccccc65)cc4)c4ccccc4-c4ccc5oc6cc7ccccc7cc6c5c4)cc3)cc2-c2ccccc2)cc1. The average Bonchev–Trinajstić information content (AvgIpc) is 3.93. The van der Waals surface area contributed by atoms with Crippen LogP contribution in [0.3, 0.4) is 0 Å². The molecule has 0 aliphatic rings. The van der Waals surface area contributed by atoms with E-state index in [-0.39, 0.29) is 0 Å². The van der Waals surface area contributed by atoms with Gasteiger partial charge in [-0.15, -0.1) is 0 Å². The Kier molecular flexibility index (Phi) is 9.17. The Balaban J connectivity index is 0.950. The number of nitrogens with zero attached hydrogens (tertiary/aromatic N) is 2. The maximum atomic E-state index is 6.46. The molecule has 3 nitrogen and oxygen atoms in total. The summed E-state index contributed by atoms with van der Waals surface area (Å²) in [5.41, 5.74) is 17.9. The Morgan fingerprint density at radius 3 is 1.54 bits per heavy atom. The predicted octanol–water partition coefficient (Wildman–Crippen LogP) is 18.0. The minimum atomic E-state index is 0.881. The van der Waals surface area contributed by atoms with E-state index in [1.54, 1.807) is 0 Å². The van der Waals surface area contributed by atoms with E-state index in [1.807, 2.05) is 0 Å². The van der Waals surface area contributed by atoms with Gasteiger partial charge in [0.25, 0.3) is 0 Å². The molecule has 3 heteroatoms. The largest absolute Gasteiger partial charge is 0.456 e. The number of anilines is 3. The lowest BCUT2D eigenvalue weighted by Gasteiger charge is -2.28. The Morgan fingerprint density at radius 2 is 0.836 bits per heavy atom. The predicted molar refractivity (Wildman–Crippen MR) is 282 cm³/mol. The summed E-state index contributed by atoms with van der Waals surface area (Å²) in [5, 5.41) is 7.09. The summed E-state index contributed by atoms with van der Waals surface area (Å²) in [7, 11) is 0. The van der Waals surface area contributed by atoms with Crippen LogP contribution < -0.4 is 4.90 Å². The number of benzene rings is 11. The summed E-state index contributed by atoms with van der Waals surface area (Å²) in [6.07, 6.45) is 0. The summed E-state index contributed by atoms with van der Waals surface area (Å²) in [6.45, 7) is 0. The van der Waals surface area contributed by atoms with Crippen molar-refractivity contribution in [2.24, 2.45) is 0 Å². The van der Waals surface area contributed by atoms with Gasteiger partial charge in [-0.05, 0) is 135 Å². The molecule has 11 aromatic carbocycles. The third-order valence-corrected chi connectivity index (χ3v) is 13.4. The zero-order chi connectivity index (χ0) is 44.3. The fraction of sp³-hybridized carbons (Fsp3) is 0. The van der Waals surface area contributed by atoms with Crippen LogP contribution in [0.4, 0.5) is 17.1 Å². The Labute approximate surface area is 388 Å². The van der Waals surface area contributed by atoms with E-state index in [0.717, 1.165) is 61.4 Å².